The van der Waals surface area contributed by atoms with E-state index in [0.717, 1.165) is 6.07 Å². The van der Waals surface area contributed by atoms with E-state index in [4.69, 9.17) is 11.6 Å². The summed E-state index contributed by atoms with van der Waals surface area (Å²) in [6.07, 6.45) is -0.120. The minimum Gasteiger partial charge on any atom is -0.759 e. The molecule has 1 N–H and O–H groups in total. The van der Waals surface area contributed by atoms with E-state index >= 15 is 0 Å². The second kappa shape index (κ2) is 11.3. The Morgan fingerprint density at radius 2 is 1.62 bits per heavy atom. The van der Waals surface area contributed by atoms with Crippen molar-refractivity contribution in [3.05, 3.63) is 99.5 Å². The number of nitrogens with zero attached hydrogens (tertiary/aromatic N) is 1. The molecule has 3 aromatic rings. The number of aryl methyl sites for hydroxylation is 1. The third-order valence-corrected chi connectivity index (χ3v) is 6.68. The Kier molecular flexibility index (Phi) is 9.27. The summed E-state index contributed by atoms with van der Waals surface area (Å²) in [4.78, 5) is 11.3. The van der Waals surface area contributed by atoms with Crippen LogP contribution in [0.4, 0.5) is 10.1 Å². The summed E-state index contributed by atoms with van der Waals surface area (Å²) in [6.45, 7) is 1.50. The second-order valence-electron chi connectivity index (χ2n) is 6.92. The normalized spacial score (nSPS) is 10.9. The van der Waals surface area contributed by atoms with Crippen LogP contribution >= 0.6 is 11.6 Å². The van der Waals surface area contributed by atoms with Crippen molar-refractivity contribution in [3.8, 4) is 0 Å². The van der Waals surface area contributed by atoms with Crippen molar-refractivity contribution in [1.82, 2.24) is 5.48 Å². The first-order valence-corrected chi connectivity index (χ1v) is 11.1. The smallest absolute Gasteiger partial charge is 0.759 e. The maximum Gasteiger partial charge on any atom is 1.00 e. The molecule has 0 atom stereocenters. The SMILES string of the molecule is Cc1cc(S(=O)(=O)N(Cc2ccc(Cl)cc2)c2ccc(CC(=O)N[O-])cc2)ccc1F.[Na+]. The van der Waals surface area contributed by atoms with Crippen LogP contribution in [0.1, 0.15) is 16.7 Å². The van der Waals surface area contributed by atoms with E-state index in [9.17, 15) is 22.8 Å². The van der Waals surface area contributed by atoms with Gasteiger partial charge in [0.05, 0.1) is 23.5 Å². The molecular weight excluding hydrogens is 466 g/mol. The second-order valence-corrected chi connectivity index (χ2v) is 9.22. The zero-order valence-electron chi connectivity index (χ0n) is 17.5. The molecule has 0 aliphatic carbocycles. The molecule has 0 fully saturated rings. The number of carbonyl (C=O) groups excluding carboxylic acids is 1. The van der Waals surface area contributed by atoms with Gasteiger partial charge in [-0.2, -0.15) is 0 Å². The van der Waals surface area contributed by atoms with Gasteiger partial charge in [-0.1, -0.05) is 35.9 Å². The predicted octanol–water partition coefficient (Wildman–Crippen LogP) is 1.34. The number of rotatable bonds is 7. The van der Waals surface area contributed by atoms with Crippen LogP contribution < -0.4 is 39.3 Å². The van der Waals surface area contributed by atoms with Crippen molar-refractivity contribution in [3.63, 3.8) is 0 Å². The Bertz CT molecular complexity index is 1190. The van der Waals surface area contributed by atoms with Crippen molar-refractivity contribution >= 4 is 33.2 Å². The number of benzene rings is 3. The van der Waals surface area contributed by atoms with E-state index in [1.54, 1.807) is 48.5 Å². The Labute approximate surface area is 213 Å². The fourth-order valence-corrected chi connectivity index (χ4v) is 4.64. The molecule has 162 valence electrons. The van der Waals surface area contributed by atoms with E-state index in [-0.39, 0.29) is 53.0 Å². The van der Waals surface area contributed by atoms with E-state index in [2.05, 4.69) is 0 Å². The topological polar surface area (TPSA) is 89.5 Å². The molecule has 3 rings (SSSR count). The molecular formula is C22H19ClFN2NaO4S. The van der Waals surface area contributed by atoms with E-state index < -0.39 is 21.7 Å². The Hall–Kier alpha value is -1.94. The molecule has 0 saturated carbocycles. The number of halogens is 2. The van der Waals surface area contributed by atoms with Gasteiger partial charge in [0.15, 0.2) is 0 Å². The van der Waals surface area contributed by atoms with Crippen LogP contribution in [-0.2, 0) is 27.8 Å². The fourth-order valence-electron chi connectivity index (χ4n) is 2.98. The van der Waals surface area contributed by atoms with Crippen molar-refractivity contribution < 1.29 is 47.2 Å². The van der Waals surface area contributed by atoms with Gasteiger partial charge in [0.2, 0.25) is 5.91 Å². The number of hydrogen-bond acceptors (Lipinski definition) is 4. The van der Waals surface area contributed by atoms with Crippen LogP contribution in [0.5, 0.6) is 0 Å². The van der Waals surface area contributed by atoms with Gasteiger partial charge in [-0.05, 0) is 66.1 Å². The van der Waals surface area contributed by atoms with Gasteiger partial charge in [0.25, 0.3) is 10.0 Å². The molecule has 1 amide bonds. The Morgan fingerprint density at radius 1 is 1.03 bits per heavy atom. The molecule has 10 heteroatoms. The number of nitrogens with one attached hydrogen (secondary N) is 1. The number of amides is 1. The van der Waals surface area contributed by atoms with Gasteiger partial charge in [-0.3, -0.25) is 9.10 Å². The molecule has 0 aromatic heterocycles. The third-order valence-electron chi connectivity index (χ3n) is 4.66. The van der Waals surface area contributed by atoms with Crippen LogP contribution in [0.2, 0.25) is 5.02 Å². The first-order valence-electron chi connectivity index (χ1n) is 9.24. The summed E-state index contributed by atoms with van der Waals surface area (Å²) in [5, 5.41) is 11.0. The first kappa shape index (κ1) is 26.3. The van der Waals surface area contributed by atoms with E-state index in [1.807, 2.05) is 0 Å². The molecule has 0 aliphatic heterocycles. The van der Waals surface area contributed by atoms with Gasteiger partial charge in [0, 0.05) is 5.02 Å². The predicted molar refractivity (Wildman–Crippen MR) is 118 cm³/mol. The zero-order chi connectivity index (χ0) is 22.6. The Balaban J connectivity index is 0.00000363. The Morgan fingerprint density at radius 3 is 2.19 bits per heavy atom. The monoisotopic (exact) mass is 484 g/mol. The average Bonchev–Trinajstić information content (AvgIpc) is 2.75. The quantitative estimate of drug-likeness (QED) is 0.405. The molecule has 32 heavy (non-hydrogen) atoms. The molecule has 3 aromatic carbocycles. The summed E-state index contributed by atoms with van der Waals surface area (Å²) in [5.41, 5.74) is 3.12. The largest absolute Gasteiger partial charge is 1.00 e. The third kappa shape index (κ3) is 6.31. The summed E-state index contributed by atoms with van der Waals surface area (Å²) >= 11 is 5.93. The fraction of sp³-hybridized carbons (Fsp3) is 0.136. The maximum atomic E-state index is 13.7. The minimum absolute atomic E-state index is 0. The zero-order valence-corrected chi connectivity index (χ0v) is 21.1. The number of hydrogen-bond donors (Lipinski definition) is 1. The molecule has 0 spiro atoms. The minimum atomic E-state index is -4.04. The van der Waals surface area contributed by atoms with Gasteiger partial charge in [-0.25, -0.2) is 12.8 Å². The molecule has 0 heterocycles. The number of sulfonamides is 1. The van der Waals surface area contributed by atoms with Crippen molar-refractivity contribution in [2.45, 2.75) is 24.8 Å². The molecule has 0 aliphatic rings. The maximum absolute atomic E-state index is 13.7. The summed E-state index contributed by atoms with van der Waals surface area (Å²) in [5.74, 6) is -1.19. The first-order chi connectivity index (χ1) is 14.7. The van der Waals surface area contributed by atoms with Gasteiger partial charge in [-0.15, -0.1) is 0 Å². The number of anilines is 1. The standard InChI is InChI=1S/C22H19ClFN2O4S.Na/c1-15-12-20(10-11-21(15)24)31(29,30)26(14-17-2-6-18(23)7-3-17)19-8-4-16(5-9-19)13-22(27)25-28;/h2-12H,13-14H2,1H3,(H-,25,27,28);/q-1;+1. The molecule has 0 saturated heterocycles. The van der Waals surface area contributed by atoms with Crippen molar-refractivity contribution in [1.29, 1.82) is 0 Å². The van der Waals surface area contributed by atoms with E-state index in [0.29, 0.717) is 21.8 Å². The summed E-state index contributed by atoms with van der Waals surface area (Å²) in [7, 11) is -4.04. The van der Waals surface area contributed by atoms with Crippen molar-refractivity contribution in [2.75, 3.05) is 4.31 Å². The van der Waals surface area contributed by atoms with Crippen molar-refractivity contribution in [2.24, 2.45) is 0 Å². The summed E-state index contributed by atoms with van der Waals surface area (Å²) in [6, 6.07) is 16.6. The molecule has 0 radical (unpaired) electrons. The molecule has 0 bridgehead atoms. The van der Waals surface area contributed by atoms with Gasteiger partial charge < -0.3 is 10.7 Å². The van der Waals surface area contributed by atoms with Crippen LogP contribution in [0.15, 0.2) is 71.6 Å². The van der Waals surface area contributed by atoms with Crippen LogP contribution in [-0.4, -0.2) is 14.3 Å². The molecule has 6 nitrogen and oxygen atoms in total. The van der Waals surface area contributed by atoms with Gasteiger partial charge >= 0.3 is 29.6 Å². The van der Waals surface area contributed by atoms with Crippen LogP contribution in [0.3, 0.4) is 0 Å². The number of carbonyl (C=O) groups is 1. The summed E-state index contributed by atoms with van der Waals surface area (Å²) < 4.78 is 41.8. The molecule has 0 unspecified atom stereocenters. The van der Waals surface area contributed by atoms with Crippen LogP contribution in [0, 0.1) is 17.9 Å². The van der Waals surface area contributed by atoms with Crippen LogP contribution in [0.25, 0.3) is 0 Å². The number of hydroxylamine groups is 1. The van der Waals surface area contributed by atoms with Gasteiger partial charge in [0.1, 0.15) is 5.82 Å². The van der Waals surface area contributed by atoms with E-state index in [1.165, 1.54) is 28.8 Å². The average molecular weight is 485 g/mol.